The summed E-state index contributed by atoms with van der Waals surface area (Å²) in [5.74, 6) is -1.32. The SMILES string of the molecule is O=C(O)C1Cc2ccccc2CN1C(=O)c1cncc(Br)c1. The second kappa shape index (κ2) is 5.88. The molecule has 1 amide bonds. The average Bonchev–Trinajstić information content (AvgIpc) is 2.52. The van der Waals surface area contributed by atoms with E-state index in [9.17, 15) is 14.7 Å². The maximum absolute atomic E-state index is 12.7. The van der Waals surface area contributed by atoms with Gasteiger partial charge in [0.05, 0.1) is 5.56 Å². The maximum Gasteiger partial charge on any atom is 0.326 e. The van der Waals surface area contributed by atoms with Crippen molar-refractivity contribution in [1.82, 2.24) is 9.88 Å². The van der Waals surface area contributed by atoms with Crippen molar-refractivity contribution >= 4 is 27.8 Å². The zero-order chi connectivity index (χ0) is 15.7. The van der Waals surface area contributed by atoms with Crippen molar-refractivity contribution in [1.29, 1.82) is 0 Å². The van der Waals surface area contributed by atoms with Crippen molar-refractivity contribution in [2.75, 3.05) is 0 Å². The Morgan fingerprint density at radius 1 is 1.23 bits per heavy atom. The third kappa shape index (κ3) is 2.74. The Bertz CT molecular complexity index is 748. The molecule has 0 radical (unpaired) electrons. The molecule has 1 atom stereocenters. The zero-order valence-corrected chi connectivity index (χ0v) is 13.2. The number of hydrogen-bond acceptors (Lipinski definition) is 3. The van der Waals surface area contributed by atoms with Gasteiger partial charge in [0.25, 0.3) is 5.91 Å². The summed E-state index contributed by atoms with van der Waals surface area (Å²) >= 11 is 3.27. The molecule has 2 heterocycles. The number of carbonyl (C=O) groups excluding carboxylic acids is 1. The highest BCUT2D eigenvalue weighted by Gasteiger charge is 2.35. The summed E-state index contributed by atoms with van der Waals surface area (Å²) in [5, 5.41) is 9.47. The van der Waals surface area contributed by atoms with Crippen LogP contribution in [0.25, 0.3) is 0 Å². The van der Waals surface area contributed by atoms with Gasteiger partial charge in [-0.3, -0.25) is 9.78 Å². The van der Waals surface area contributed by atoms with E-state index in [0.29, 0.717) is 23.0 Å². The van der Waals surface area contributed by atoms with Gasteiger partial charge in [-0.2, -0.15) is 0 Å². The molecule has 0 aliphatic carbocycles. The van der Waals surface area contributed by atoms with E-state index in [1.807, 2.05) is 24.3 Å². The van der Waals surface area contributed by atoms with Crippen molar-refractivity contribution < 1.29 is 14.7 Å². The summed E-state index contributed by atoms with van der Waals surface area (Å²) in [5.41, 5.74) is 2.34. The summed E-state index contributed by atoms with van der Waals surface area (Å²) in [6.45, 7) is 0.290. The van der Waals surface area contributed by atoms with Crippen LogP contribution in [0.5, 0.6) is 0 Å². The molecule has 0 spiro atoms. The van der Waals surface area contributed by atoms with Gasteiger partial charge >= 0.3 is 5.97 Å². The van der Waals surface area contributed by atoms with E-state index in [-0.39, 0.29) is 5.91 Å². The normalized spacial score (nSPS) is 17.0. The predicted octanol–water partition coefficient (Wildman–Crippen LogP) is 2.50. The van der Waals surface area contributed by atoms with Gasteiger partial charge < -0.3 is 10.0 Å². The van der Waals surface area contributed by atoms with E-state index >= 15 is 0 Å². The number of halogens is 1. The molecule has 6 heteroatoms. The standard InChI is InChI=1S/C16H13BrN2O3/c17-13-5-12(7-18-8-13)15(20)19-9-11-4-2-1-3-10(11)6-14(19)16(21)22/h1-5,7-8,14H,6,9H2,(H,21,22). The quantitative estimate of drug-likeness (QED) is 0.892. The molecule has 1 N–H and O–H groups in total. The van der Waals surface area contributed by atoms with E-state index in [1.54, 1.807) is 12.3 Å². The minimum absolute atomic E-state index is 0.290. The smallest absolute Gasteiger partial charge is 0.326 e. The Morgan fingerprint density at radius 3 is 2.64 bits per heavy atom. The van der Waals surface area contributed by atoms with Gasteiger partial charge in [-0.05, 0) is 33.1 Å². The Kier molecular flexibility index (Phi) is 3.94. The van der Waals surface area contributed by atoms with E-state index < -0.39 is 12.0 Å². The minimum atomic E-state index is -0.995. The molecule has 0 saturated carbocycles. The summed E-state index contributed by atoms with van der Waals surface area (Å²) in [6, 6.07) is 8.40. The van der Waals surface area contributed by atoms with Crippen LogP contribution >= 0.6 is 15.9 Å². The lowest BCUT2D eigenvalue weighted by Gasteiger charge is -2.34. The van der Waals surface area contributed by atoms with Gasteiger partial charge in [0.1, 0.15) is 6.04 Å². The van der Waals surface area contributed by atoms with Gasteiger partial charge in [0, 0.05) is 29.8 Å². The molecule has 112 valence electrons. The first-order chi connectivity index (χ1) is 10.6. The molecule has 1 aromatic carbocycles. The summed E-state index contributed by atoms with van der Waals surface area (Å²) in [4.78, 5) is 29.6. The van der Waals surface area contributed by atoms with Gasteiger partial charge in [-0.25, -0.2) is 4.79 Å². The fraction of sp³-hybridized carbons (Fsp3) is 0.188. The number of carboxylic acid groups (broad SMARTS) is 1. The van der Waals surface area contributed by atoms with Crippen LogP contribution in [-0.4, -0.2) is 32.9 Å². The number of rotatable bonds is 2. The maximum atomic E-state index is 12.7. The number of carbonyl (C=O) groups is 2. The highest BCUT2D eigenvalue weighted by molar-refractivity contribution is 9.10. The third-order valence-electron chi connectivity index (χ3n) is 3.75. The van der Waals surface area contributed by atoms with Crippen molar-refractivity contribution in [2.45, 2.75) is 19.0 Å². The number of pyridine rings is 1. The Labute approximate surface area is 135 Å². The number of amides is 1. The van der Waals surface area contributed by atoms with Gasteiger partial charge in [-0.1, -0.05) is 24.3 Å². The highest BCUT2D eigenvalue weighted by atomic mass is 79.9. The van der Waals surface area contributed by atoms with Crippen LogP contribution in [0.3, 0.4) is 0 Å². The van der Waals surface area contributed by atoms with Gasteiger partial charge in [0.15, 0.2) is 0 Å². The van der Waals surface area contributed by atoms with Gasteiger partial charge in [-0.15, -0.1) is 0 Å². The molecule has 1 unspecified atom stereocenters. The average molecular weight is 361 g/mol. The topological polar surface area (TPSA) is 70.5 Å². The summed E-state index contributed by atoms with van der Waals surface area (Å²) in [7, 11) is 0. The van der Waals surface area contributed by atoms with Crippen molar-refractivity contribution in [2.24, 2.45) is 0 Å². The fourth-order valence-corrected chi connectivity index (χ4v) is 3.02. The summed E-state index contributed by atoms with van der Waals surface area (Å²) in [6.07, 6.45) is 3.35. The van der Waals surface area contributed by atoms with Crippen molar-refractivity contribution in [3.63, 3.8) is 0 Å². The molecule has 1 aromatic heterocycles. The number of hydrogen-bond donors (Lipinski definition) is 1. The van der Waals surface area contributed by atoms with E-state index in [2.05, 4.69) is 20.9 Å². The number of nitrogens with zero attached hydrogens (tertiary/aromatic N) is 2. The molecule has 0 fully saturated rings. The Hall–Kier alpha value is -2.21. The second-order valence-corrected chi connectivity index (χ2v) is 6.07. The Morgan fingerprint density at radius 2 is 1.95 bits per heavy atom. The van der Waals surface area contributed by atoms with Crippen LogP contribution in [0.1, 0.15) is 21.5 Å². The van der Waals surface area contributed by atoms with E-state index in [4.69, 9.17) is 0 Å². The van der Waals surface area contributed by atoms with E-state index in [0.717, 1.165) is 11.1 Å². The molecule has 0 saturated heterocycles. The molecule has 0 bridgehead atoms. The number of fused-ring (bicyclic) bond motifs is 1. The van der Waals surface area contributed by atoms with Crippen LogP contribution in [0.4, 0.5) is 0 Å². The van der Waals surface area contributed by atoms with Gasteiger partial charge in [0.2, 0.25) is 0 Å². The molecular weight excluding hydrogens is 348 g/mol. The molecule has 2 aromatic rings. The Balaban J connectivity index is 1.97. The zero-order valence-electron chi connectivity index (χ0n) is 11.6. The second-order valence-electron chi connectivity index (χ2n) is 5.15. The van der Waals surface area contributed by atoms with Crippen LogP contribution in [-0.2, 0) is 17.8 Å². The molecule has 1 aliphatic heterocycles. The van der Waals surface area contributed by atoms with Crippen LogP contribution in [0, 0.1) is 0 Å². The molecule has 3 rings (SSSR count). The molecule has 22 heavy (non-hydrogen) atoms. The molecular formula is C16H13BrN2O3. The molecule has 1 aliphatic rings. The first kappa shape index (κ1) is 14.7. The first-order valence-electron chi connectivity index (χ1n) is 6.77. The lowest BCUT2D eigenvalue weighted by atomic mass is 9.93. The lowest BCUT2D eigenvalue weighted by Crippen LogP contribution is -2.48. The third-order valence-corrected chi connectivity index (χ3v) is 4.18. The monoisotopic (exact) mass is 360 g/mol. The van der Waals surface area contributed by atoms with Crippen LogP contribution in [0.15, 0.2) is 47.2 Å². The lowest BCUT2D eigenvalue weighted by molar-refractivity contribution is -0.142. The number of benzene rings is 1. The molecule has 5 nitrogen and oxygen atoms in total. The predicted molar refractivity (Wildman–Crippen MR) is 83.4 cm³/mol. The highest BCUT2D eigenvalue weighted by Crippen LogP contribution is 2.25. The summed E-state index contributed by atoms with van der Waals surface area (Å²) < 4.78 is 0.683. The number of aliphatic carboxylic acids is 1. The van der Waals surface area contributed by atoms with E-state index in [1.165, 1.54) is 11.1 Å². The van der Waals surface area contributed by atoms with Crippen LogP contribution in [0.2, 0.25) is 0 Å². The van der Waals surface area contributed by atoms with Crippen molar-refractivity contribution in [3.05, 3.63) is 63.9 Å². The number of carboxylic acids is 1. The minimum Gasteiger partial charge on any atom is -0.480 e. The van der Waals surface area contributed by atoms with Crippen molar-refractivity contribution in [3.8, 4) is 0 Å². The fourth-order valence-electron chi connectivity index (χ4n) is 2.65. The van der Waals surface area contributed by atoms with Crippen LogP contribution < -0.4 is 0 Å². The largest absolute Gasteiger partial charge is 0.480 e. The first-order valence-corrected chi connectivity index (χ1v) is 7.56. The number of aromatic nitrogens is 1.